The van der Waals surface area contributed by atoms with Crippen LogP contribution in [0.5, 0.6) is 0 Å². The van der Waals surface area contributed by atoms with Gasteiger partial charge in [0.1, 0.15) is 0 Å². The Hall–Kier alpha value is -0.870. The summed E-state index contributed by atoms with van der Waals surface area (Å²) in [6.45, 7) is 15.8. The van der Waals surface area contributed by atoms with Gasteiger partial charge in [-0.2, -0.15) is 0 Å². The van der Waals surface area contributed by atoms with Crippen molar-refractivity contribution in [2.24, 2.45) is 11.8 Å². The van der Waals surface area contributed by atoms with Crippen molar-refractivity contribution in [2.75, 3.05) is 0 Å². The molecule has 3 unspecified atom stereocenters. The minimum Gasteiger partial charge on any atom is -0.110 e. The van der Waals surface area contributed by atoms with Gasteiger partial charge in [-0.25, -0.2) is 0 Å². The van der Waals surface area contributed by atoms with Crippen molar-refractivity contribution >= 4 is 9.24 Å². The molecule has 0 heterocycles. The minimum atomic E-state index is 0.621. The highest BCUT2D eigenvalue weighted by atomic mass is 31.0. The number of hydrogen-bond acceptors (Lipinski definition) is 0. The average Bonchev–Trinajstić information content (AvgIpc) is 2.49. The van der Waals surface area contributed by atoms with Gasteiger partial charge in [-0.3, -0.25) is 0 Å². The lowest BCUT2D eigenvalue weighted by molar-refractivity contribution is 0.467. The maximum atomic E-state index is 4.39. The summed E-state index contributed by atoms with van der Waals surface area (Å²) in [5.41, 5.74) is 8.88. The molecule has 0 fully saturated rings. The fourth-order valence-corrected chi connectivity index (χ4v) is 5.17. The first-order chi connectivity index (χ1) is 11.8. The molecule has 0 radical (unpaired) electrons. The van der Waals surface area contributed by atoms with E-state index in [-0.39, 0.29) is 0 Å². The SMILES string of the molecule is C=C(C)C(/C1=C/C(C)CC2=CCCCC1CC2)=C(C)\C(CC)=C(/C)P. The van der Waals surface area contributed by atoms with Gasteiger partial charge < -0.3 is 0 Å². The van der Waals surface area contributed by atoms with E-state index in [4.69, 9.17) is 0 Å². The van der Waals surface area contributed by atoms with E-state index >= 15 is 0 Å². The van der Waals surface area contributed by atoms with Crippen LogP contribution in [-0.2, 0) is 0 Å². The summed E-state index contributed by atoms with van der Waals surface area (Å²) < 4.78 is 0. The van der Waals surface area contributed by atoms with Crippen molar-refractivity contribution in [3.8, 4) is 0 Å². The van der Waals surface area contributed by atoms with E-state index in [1.807, 2.05) is 0 Å². The maximum absolute atomic E-state index is 4.39. The van der Waals surface area contributed by atoms with Crippen LogP contribution in [0.4, 0.5) is 0 Å². The lowest BCUT2D eigenvalue weighted by Crippen LogP contribution is -2.15. The van der Waals surface area contributed by atoms with Gasteiger partial charge in [-0.15, -0.1) is 9.24 Å². The molecule has 0 saturated carbocycles. The van der Waals surface area contributed by atoms with Crippen molar-refractivity contribution in [2.45, 2.75) is 79.6 Å². The third kappa shape index (κ3) is 5.07. The zero-order valence-corrected chi connectivity index (χ0v) is 18.2. The van der Waals surface area contributed by atoms with Crippen molar-refractivity contribution in [3.63, 3.8) is 0 Å². The maximum Gasteiger partial charge on any atom is -0.0156 e. The highest BCUT2D eigenvalue weighted by Gasteiger charge is 2.25. The van der Waals surface area contributed by atoms with Crippen LogP contribution in [-0.4, -0.2) is 0 Å². The third-order valence-electron chi connectivity index (χ3n) is 5.86. The number of hydrogen-bond donors (Lipinski definition) is 0. The van der Waals surface area contributed by atoms with Gasteiger partial charge >= 0.3 is 0 Å². The normalized spacial score (nSPS) is 28.4. The molecule has 138 valence electrons. The van der Waals surface area contributed by atoms with Gasteiger partial charge in [-0.1, -0.05) is 49.0 Å². The summed E-state index contributed by atoms with van der Waals surface area (Å²) in [4.78, 5) is 0. The molecule has 25 heavy (non-hydrogen) atoms. The molecule has 0 spiro atoms. The van der Waals surface area contributed by atoms with E-state index in [9.17, 15) is 0 Å². The largest absolute Gasteiger partial charge is 0.110 e. The Morgan fingerprint density at radius 2 is 1.96 bits per heavy atom. The van der Waals surface area contributed by atoms with Gasteiger partial charge in [0.05, 0.1) is 0 Å². The van der Waals surface area contributed by atoms with Crippen LogP contribution in [0.1, 0.15) is 79.6 Å². The summed E-state index contributed by atoms with van der Waals surface area (Å²) in [7, 11) is 2.91. The lowest BCUT2D eigenvalue weighted by Gasteiger charge is -2.31. The van der Waals surface area contributed by atoms with Crippen LogP contribution in [0.3, 0.4) is 0 Å². The summed E-state index contributed by atoms with van der Waals surface area (Å²) in [6, 6.07) is 0. The minimum absolute atomic E-state index is 0.621. The molecule has 3 atom stereocenters. The van der Waals surface area contributed by atoms with Gasteiger partial charge in [0.25, 0.3) is 0 Å². The number of rotatable bonds is 4. The van der Waals surface area contributed by atoms with E-state index in [1.165, 1.54) is 66.1 Å². The smallest absolute Gasteiger partial charge is 0.0156 e. The zero-order valence-electron chi connectivity index (χ0n) is 17.0. The van der Waals surface area contributed by atoms with Gasteiger partial charge in [0, 0.05) is 0 Å². The van der Waals surface area contributed by atoms with E-state index in [0.29, 0.717) is 11.8 Å². The average molecular weight is 357 g/mol. The fourth-order valence-electron chi connectivity index (χ4n) is 4.75. The van der Waals surface area contributed by atoms with Crippen LogP contribution < -0.4 is 0 Å². The Labute approximate surface area is 158 Å². The first-order valence-corrected chi connectivity index (χ1v) is 10.6. The molecule has 0 aromatic carbocycles. The molecular formula is C24H37P. The Morgan fingerprint density at radius 3 is 2.56 bits per heavy atom. The molecule has 2 rings (SSSR count). The zero-order chi connectivity index (χ0) is 18.6. The van der Waals surface area contributed by atoms with Gasteiger partial charge in [0.15, 0.2) is 0 Å². The predicted octanol–water partition coefficient (Wildman–Crippen LogP) is 7.91. The molecule has 2 aliphatic carbocycles. The Kier molecular flexibility index (Phi) is 7.51. The lowest BCUT2D eigenvalue weighted by atomic mass is 9.74. The van der Waals surface area contributed by atoms with E-state index in [0.717, 1.165) is 6.42 Å². The molecule has 0 N–H and O–H groups in total. The molecule has 0 aliphatic heterocycles. The first-order valence-electron chi connectivity index (χ1n) is 10.1. The van der Waals surface area contributed by atoms with Crippen molar-refractivity contribution in [1.82, 2.24) is 0 Å². The Morgan fingerprint density at radius 1 is 1.24 bits per heavy atom. The summed E-state index contributed by atoms with van der Waals surface area (Å²) in [6.07, 6.45) is 13.9. The van der Waals surface area contributed by atoms with E-state index in [1.54, 1.807) is 11.1 Å². The molecular weight excluding hydrogens is 319 g/mol. The number of fused-ring (bicyclic) bond motifs is 3. The summed E-state index contributed by atoms with van der Waals surface area (Å²) >= 11 is 0. The molecule has 2 aliphatic rings. The molecule has 0 amide bonds. The summed E-state index contributed by atoms with van der Waals surface area (Å²) in [5.74, 6) is 1.31. The molecule has 2 bridgehead atoms. The Balaban J connectivity index is 2.61. The highest BCUT2D eigenvalue weighted by Crippen LogP contribution is 2.41. The van der Waals surface area contributed by atoms with Crippen LogP contribution in [0.2, 0.25) is 0 Å². The number of allylic oxidation sites excluding steroid dienone is 9. The molecule has 0 aromatic rings. The molecule has 0 aromatic heterocycles. The molecule has 0 nitrogen and oxygen atoms in total. The second-order valence-electron chi connectivity index (χ2n) is 8.13. The van der Waals surface area contributed by atoms with E-state index < -0.39 is 0 Å². The quantitative estimate of drug-likeness (QED) is 0.273. The predicted molar refractivity (Wildman–Crippen MR) is 117 cm³/mol. The fraction of sp³-hybridized carbons (Fsp3) is 0.583. The first kappa shape index (κ1) is 20.4. The van der Waals surface area contributed by atoms with E-state index in [2.05, 4.69) is 62.6 Å². The Bertz CT molecular complexity index is 635. The van der Waals surface area contributed by atoms with Gasteiger partial charge in [0.2, 0.25) is 0 Å². The standard InChI is InChI=1S/C24H37P/c1-7-22(19(6)25)18(5)24(16(2)3)23-15-17(4)14-20-10-8-9-11-21(23)13-12-20/h10,15,17,21H,2,7-9,11-14,25H2,1,3-6H3/b20-10?,22-19+,23-15+,24-18+. The van der Waals surface area contributed by atoms with Crippen LogP contribution in [0, 0.1) is 11.8 Å². The van der Waals surface area contributed by atoms with Crippen LogP contribution in [0.25, 0.3) is 0 Å². The van der Waals surface area contributed by atoms with Crippen LogP contribution >= 0.6 is 9.24 Å². The van der Waals surface area contributed by atoms with Crippen molar-refractivity contribution in [1.29, 1.82) is 0 Å². The second kappa shape index (κ2) is 9.18. The van der Waals surface area contributed by atoms with Crippen molar-refractivity contribution in [3.05, 3.63) is 57.5 Å². The second-order valence-corrected chi connectivity index (χ2v) is 8.99. The monoisotopic (exact) mass is 356 g/mol. The molecule has 1 heteroatoms. The van der Waals surface area contributed by atoms with Crippen LogP contribution in [0.15, 0.2) is 57.5 Å². The summed E-state index contributed by atoms with van der Waals surface area (Å²) in [5, 5.41) is 1.36. The third-order valence-corrected chi connectivity index (χ3v) is 6.21. The molecule has 0 saturated heterocycles. The topological polar surface area (TPSA) is 0 Å². The van der Waals surface area contributed by atoms with Crippen molar-refractivity contribution < 1.29 is 0 Å². The van der Waals surface area contributed by atoms with Gasteiger partial charge in [-0.05, 0) is 99.8 Å². The highest BCUT2D eigenvalue weighted by molar-refractivity contribution is 7.22.